The number of methoxy groups -OCH3 is 1. The lowest BCUT2D eigenvalue weighted by Crippen LogP contribution is -2.36. The second-order valence-electron chi connectivity index (χ2n) is 8.30. The molecule has 1 saturated heterocycles. The molecule has 1 fully saturated rings. The van der Waals surface area contributed by atoms with E-state index in [4.69, 9.17) is 4.74 Å². The van der Waals surface area contributed by atoms with Crippen LogP contribution in [0.5, 0.6) is 5.88 Å². The Bertz CT molecular complexity index is 1200. The molecule has 0 radical (unpaired) electrons. The molecule has 4 rings (SSSR count). The summed E-state index contributed by atoms with van der Waals surface area (Å²) in [6, 6.07) is 14.4. The van der Waals surface area contributed by atoms with Crippen molar-refractivity contribution in [1.82, 2.24) is 20.0 Å². The van der Waals surface area contributed by atoms with Crippen LogP contribution in [0.2, 0.25) is 0 Å². The summed E-state index contributed by atoms with van der Waals surface area (Å²) in [6.07, 6.45) is 0.0553. The molecule has 2 heterocycles. The Morgan fingerprint density at radius 1 is 1.24 bits per heavy atom. The molecule has 8 nitrogen and oxygen atoms in total. The van der Waals surface area contributed by atoms with Crippen LogP contribution in [0.4, 0.5) is 4.39 Å². The maximum Gasteiger partial charge on any atom is 0.272 e. The molecule has 0 unspecified atom stereocenters. The molecule has 1 aromatic heterocycles. The van der Waals surface area contributed by atoms with Crippen molar-refractivity contribution in [2.75, 3.05) is 20.2 Å². The normalized spacial score (nSPS) is 16.4. The van der Waals surface area contributed by atoms with Gasteiger partial charge in [0.25, 0.3) is 5.91 Å². The fourth-order valence-corrected chi connectivity index (χ4v) is 4.14. The van der Waals surface area contributed by atoms with Gasteiger partial charge in [-0.3, -0.25) is 9.59 Å². The fraction of sp³-hybridized carbons (Fsp3) is 0.320. The van der Waals surface area contributed by atoms with Crippen LogP contribution in [0, 0.1) is 12.7 Å². The van der Waals surface area contributed by atoms with E-state index >= 15 is 0 Å². The third kappa shape index (κ3) is 4.94. The number of hydrogen-bond acceptors (Lipinski definition) is 5. The van der Waals surface area contributed by atoms with Crippen LogP contribution in [-0.4, -0.2) is 57.9 Å². The molecular formula is C25H27FN4O4. The zero-order chi connectivity index (χ0) is 24.2. The summed E-state index contributed by atoms with van der Waals surface area (Å²) in [5.74, 6) is -0.979. The van der Waals surface area contributed by atoms with E-state index in [1.54, 1.807) is 17.0 Å². The van der Waals surface area contributed by atoms with Crippen molar-refractivity contribution in [3.8, 4) is 11.6 Å². The van der Waals surface area contributed by atoms with E-state index in [9.17, 15) is 19.1 Å². The molecule has 0 spiro atoms. The number of aryl methyl sites for hydroxylation is 1. The van der Waals surface area contributed by atoms with Crippen LogP contribution >= 0.6 is 0 Å². The summed E-state index contributed by atoms with van der Waals surface area (Å²) in [4.78, 5) is 27.7. The number of para-hydroxylation sites is 1. The number of nitrogens with one attached hydrogen (secondary N) is 1. The highest BCUT2D eigenvalue weighted by Gasteiger charge is 2.29. The number of nitrogens with zero attached hydrogens (tertiary/aromatic N) is 3. The van der Waals surface area contributed by atoms with Crippen LogP contribution in [-0.2, 0) is 4.79 Å². The zero-order valence-corrected chi connectivity index (χ0v) is 19.1. The fourth-order valence-electron chi connectivity index (χ4n) is 4.14. The van der Waals surface area contributed by atoms with Gasteiger partial charge < -0.3 is 20.1 Å². The number of amides is 2. The number of aliphatic hydroxyl groups excluding tert-OH is 1. The molecule has 9 heteroatoms. The standard InChI is InChI=1S/C25H27FN4O4/c1-16-7-3-4-8-18(16)20(13-23(32)29-12-11-17(31)15-29)27-25(33)21-14-24(34-2)30(28-21)22-10-6-5-9-19(22)26/h3-10,14,17,20,31H,11-13,15H2,1-2H3,(H,27,33)/t17-,20+/m1/s1. The van der Waals surface area contributed by atoms with E-state index in [0.29, 0.717) is 13.0 Å². The number of carbonyl (C=O) groups excluding carboxylic acids is 2. The largest absolute Gasteiger partial charge is 0.481 e. The zero-order valence-electron chi connectivity index (χ0n) is 19.1. The van der Waals surface area contributed by atoms with Crippen molar-refractivity contribution in [1.29, 1.82) is 0 Å². The SMILES string of the molecule is COc1cc(C(=O)N[C@@H](CC(=O)N2CC[C@@H](O)C2)c2ccccc2C)nn1-c1ccccc1F. The topological polar surface area (TPSA) is 96.7 Å². The number of rotatable bonds is 7. The van der Waals surface area contributed by atoms with Gasteiger partial charge >= 0.3 is 0 Å². The summed E-state index contributed by atoms with van der Waals surface area (Å²) < 4.78 is 20.9. The molecule has 2 N–H and O–H groups in total. The Kier molecular flexibility index (Phi) is 6.93. The molecule has 1 aliphatic rings. The van der Waals surface area contributed by atoms with Gasteiger partial charge in [0, 0.05) is 19.2 Å². The van der Waals surface area contributed by atoms with Crippen molar-refractivity contribution in [3.05, 3.63) is 77.2 Å². The van der Waals surface area contributed by atoms with Gasteiger partial charge in [-0.2, -0.15) is 9.78 Å². The Hall–Kier alpha value is -3.72. The maximum atomic E-state index is 14.3. The third-order valence-electron chi connectivity index (χ3n) is 5.96. The molecular weight excluding hydrogens is 439 g/mol. The van der Waals surface area contributed by atoms with Gasteiger partial charge in [-0.15, -0.1) is 0 Å². The summed E-state index contributed by atoms with van der Waals surface area (Å²) >= 11 is 0. The van der Waals surface area contributed by atoms with Gasteiger partial charge in [-0.25, -0.2) is 4.39 Å². The van der Waals surface area contributed by atoms with Crippen molar-refractivity contribution >= 4 is 11.8 Å². The molecule has 0 bridgehead atoms. The van der Waals surface area contributed by atoms with Gasteiger partial charge in [0.2, 0.25) is 11.8 Å². The molecule has 0 aliphatic carbocycles. The predicted octanol–water partition coefficient (Wildman–Crippen LogP) is 2.78. The Morgan fingerprint density at radius 3 is 2.65 bits per heavy atom. The third-order valence-corrected chi connectivity index (χ3v) is 5.96. The highest BCUT2D eigenvalue weighted by atomic mass is 19.1. The number of aliphatic hydroxyl groups is 1. The average Bonchev–Trinajstić information content (AvgIpc) is 3.46. The second-order valence-corrected chi connectivity index (χ2v) is 8.30. The molecule has 3 aromatic rings. The summed E-state index contributed by atoms with van der Waals surface area (Å²) in [5.41, 5.74) is 1.92. The maximum absolute atomic E-state index is 14.3. The van der Waals surface area contributed by atoms with Gasteiger partial charge in [0.05, 0.1) is 25.7 Å². The first kappa shape index (κ1) is 23.4. The summed E-state index contributed by atoms with van der Waals surface area (Å²) in [7, 11) is 1.41. The minimum Gasteiger partial charge on any atom is -0.481 e. The molecule has 1 aliphatic heterocycles. The van der Waals surface area contributed by atoms with Gasteiger partial charge in [0.15, 0.2) is 5.69 Å². The van der Waals surface area contributed by atoms with Crippen molar-refractivity contribution in [2.24, 2.45) is 0 Å². The first-order valence-electron chi connectivity index (χ1n) is 11.1. The van der Waals surface area contributed by atoms with Gasteiger partial charge in [-0.1, -0.05) is 36.4 Å². The Balaban J connectivity index is 1.60. The van der Waals surface area contributed by atoms with E-state index < -0.39 is 23.9 Å². The number of likely N-dealkylation sites (tertiary alicyclic amines) is 1. The minimum atomic E-state index is -0.608. The second kappa shape index (κ2) is 10.0. The monoisotopic (exact) mass is 466 g/mol. The molecule has 0 saturated carbocycles. The van der Waals surface area contributed by atoms with Crippen LogP contribution in [0.25, 0.3) is 5.69 Å². The van der Waals surface area contributed by atoms with Crippen molar-refractivity contribution < 1.29 is 23.8 Å². The highest BCUT2D eigenvalue weighted by molar-refractivity contribution is 5.93. The number of ether oxygens (including phenoxy) is 1. The van der Waals surface area contributed by atoms with E-state index in [0.717, 1.165) is 11.1 Å². The first-order chi connectivity index (χ1) is 16.4. The Morgan fingerprint density at radius 2 is 1.97 bits per heavy atom. The van der Waals surface area contributed by atoms with E-state index in [1.165, 1.54) is 30.0 Å². The predicted molar refractivity (Wildman–Crippen MR) is 123 cm³/mol. The van der Waals surface area contributed by atoms with Crippen LogP contribution in [0.15, 0.2) is 54.6 Å². The van der Waals surface area contributed by atoms with Crippen LogP contribution < -0.4 is 10.1 Å². The van der Waals surface area contributed by atoms with Crippen LogP contribution in [0.3, 0.4) is 0 Å². The van der Waals surface area contributed by atoms with E-state index in [2.05, 4.69) is 10.4 Å². The number of β-amino-alcohol motifs (C(OH)–C–C–N with tert-alkyl or cyclic N) is 1. The van der Waals surface area contributed by atoms with E-state index in [1.807, 2.05) is 31.2 Å². The van der Waals surface area contributed by atoms with Crippen LogP contribution in [0.1, 0.15) is 40.5 Å². The van der Waals surface area contributed by atoms with Crippen molar-refractivity contribution in [2.45, 2.75) is 31.9 Å². The summed E-state index contributed by atoms with van der Waals surface area (Å²) in [6.45, 7) is 2.69. The molecule has 34 heavy (non-hydrogen) atoms. The average molecular weight is 467 g/mol. The highest BCUT2D eigenvalue weighted by Crippen LogP contribution is 2.25. The lowest BCUT2D eigenvalue weighted by atomic mass is 9.98. The number of halogens is 1. The van der Waals surface area contributed by atoms with Gasteiger partial charge in [-0.05, 0) is 36.6 Å². The molecule has 2 amide bonds. The number of benzene rings is 2. The van der Waals surface area contributed by atoms with E-state index in [-0.39, 0.29) is 36.1 Å². The molecule has 2 aromatic carbocycles. The van der Waals surface area contributed by atoms with Crippen molar-refractivity contribution in [3.63, 3.8) is 0 Å². The smallest absolute Gasteiger partial charge is 0.272 e. The first-order valence-corrected chi connectivity index (χ1v) is 11.1. The lowest BCUT2D eigenvalue weighted by Gasteiger charge is -2.23. The number of carbonyl (C=O) groups is 2. The molecule has 2 atom stereocenters. The Labute approximate surface area is 197 Å². The number of hydrogen-bond donors (Lipinski definition) is 2. The van der Waals surface area contributed by atoms with Gasteiger partial charge in [0.1, 0.15) is 11.5 Å². The molecule has 178 valence electrons. The quantitative estimate of drug-likeness (QED) is 0.558. The lowest BCUT2D eigenvalue weighted by molar-refractivity contribution is -0.131. The minimum absolute atomic E-state index is 0.0303. The number of aromatic nitrogens is 2. The summed E-state index contributed by atoms with van der Waals surface area (Å²) in [5, 5.41) is 17.0.